The van der Waals surface area contributed by atoms with Crippen molar-refractivity contribution < 1.29 is 4.42 Å². The molecule has 9 rings (SSSR count). The Morgan fingerprint density at radius 2 is 0.889 bits per heavy atom. The van der Waals surface area contributed by atoms with Gasteiger partial charge in [-0.05, 0) is 45.7 Å². The smallest absolute Gasteiger partial charge is 0.136 e. The summed E-state index contributed by atoms with van der Waals surface area (Å²) in [6, 6.07) is 54.8. The summed E-state index contributed by atoms with van der Waals surface area (Å²) >= 11 is 0. The van der Waals surface area contributed by atoms with E-state index in [2.05, 4.69) is 121 Å². The van der Waals surface area contributed by atoms with Gasteiger partial charge in [-0.1, -0.05) is 140 Å². The molecule has 3 heteroatoms. The first-order valence-corrected chi connectivity index (χ1v) is 15.2. The van der Waals surface area contributed by atoms with Crippen LogP contribution >= 0.6 is 0 Å². The summed E-state index contributed by atoms with van der Waals surface area (Å²) in [4.78, 5) is 10.6. The molecule has 0 fully saturated rings. The summed E-state index contributed by atoms with van der Waals surface area (Å²) in [7, 11) is 0. The van der Waals surface area contributed by atoms with E-state index in [1.54, 1.807) is 0 Å². The van der Waals surface area contributed by atoms with Gasteiger partial charge in [0.05, 0.1) is 22.4 Å². The van der Waals surface area contributed by atoms with E-state index < -0.39 is 0 Å². The van der Waals surface area contributed by atoms with E-state index >= 15 is 0 Å². The Morgan fingerprint density at radius 3 is 1.60 bits per heavy atom. The van der Waals surface area contributed by atoms with Crippen molar-refractivity contribution in [1.29, 1.82) is 0 Å². The zero-order chi connectivity index (χ0) is 29.7. The molecule has 2 heterocycles. The molecule has 0 bridgehead atoms. The molecule has 0 unspecified atom stereocenters. The van der Waals surface area contributed by atoms with Gasteiger partial charge in [0, 0.05) is 27.5 Å². The Hall–Kier alpha value is -6.06. The van der Waals surface area contributed by atoms with Crippen molar-refractivity contribution in [2.75, 3.05) is 0 Å². The molecule has 0 radical (unpaired) electrons. The van der Waals surface area contributed by atoms with Crippen LogP contribution in [0.2, 0.25) is 0 Å². The van der Waals surface area contributed by atoms with Crippen molar-refractivity contribution in [2.24, 2.45) is 0 Å². The lowest BCUT2D eigenvalue weighted by Crippen LogP contribution is -1.97. The van der Waals surface area contributed by atoms with Gasteiger partial charge in [-0.2, -0.15) is 0 Å². The van der Waals surface area contributed by atoms with Gasteiger partial charge in [0.2, 0.25) is 0 Å². The van der Waals surface area contributed by atoms with Crippen molar-refractivity contribution in [1.82, 2.24) is 9.97 Å². The fourth-order valence-corrected chi connectivity index (χ4v) is 6.66. The predicted octanol–water partition coefficient (Wildman–Crippen LogP) is 11.4. The lowest BCUT2D eigenvalue weighted by atomic mass is 9.90. The number of furan rings is 1. The maximum absolute atomic E-state index is 6.24. The first kappa shape index (κ1) is 25.4. The maximum atomic E-state index is 6.24. The minimum absolute atomic E-state index is 0.869. The van der Waals surface area contributed by atoms with Crippen LogP contribution in [0.4, 0.5) is 0 Å². The molecule has 7 aromatic carbocycles. The van der Waals surface area contributed by atoms with E-state index in [0.29, 0.717) is 0 Å². The van der Waals surface area contributed by atoms with E-state index in [1.165, 1.54) is 16.3 Å². The van der Waals surface area contributed by atoms with Gasteiger partial charge in [0.15, 0.2) is 0 Å². The van der Waals surface area contributed by atoms with Crippen LogP contribution in [0.15, 0.2) is 162 Å². The third kappa shape index (κ3) is 4.13. The molecule has 0 N–H and O–H groups in total. The normalized spacial score (nSPS) is 11.6. The van der Waals surface area contributed by atoms with Crippen molar-refractivity contribution in [3.05, 3.63) is 158 Å². The Kier molecular flexibility index (Phi) is 5.82. The Bertz CT molecular complexity index is 2530. The molecular weight excluding hydrogens is 548 g/mol. The second-order valence-electron chi connectivity index (χ2n) is 11.3. The van der Waals surface area contributed by atoms with Crippen molar-refractivity contribution >= 4 is 43.7 Å². The highest BCUT2D eigenvalue weighted by Crippen LogP contribution is 2.43. The minimum atomic E-state index is 0.869. The van der Waals surface area contributed by atoms with Crippen LogP contribution in [-0.4, -0.2) is 9.97 Å². The van der Waals surface area contributed by atoms with Crippen molar-refractivity contribution in [3.63, 3.8) is 0 Å². The number of hydrogen-bond donors (Lipinski definition) is 0. The summed E-state index contributed by atoms with van der Waals surface area (Å²) in [6.07, 6.45) is 0. The van der Waals surface area contributed by atoms with Crippen LogP contribution < -0.4 is 0 Å². The molecule has 0 aliphatic rings. The van der Waals surface area contributed by atoms with Gasteiger partial charge in [0.1, 0.15) is 11.2 Å². The minimum Gasteiger partial charge on any atom is -0.456 e. The van der Waals surface area contributed by atoms with E-state index in [-0.39, 0.29) is 0 Å². The van der Waals surface area contributed by atoms with Crippen LogP contribution in [0.3, 0.4) is 0 Å². The number of nitrogens with zero attached hydrogens (tertiary/aromatic N) is 2. The second-order valence-corrected chi connectivity index (χ2v) is 11.3. The molecule has 45 heavy (non-hydrogen) atoms. The number of hydrogen-bond acceptors (Lipinski definition) is 3. The van der Waals surface area contributed by atoms with E-state index in [9.17, 15) is 0 Å². The van der Waals surface area contributed by atoms with Gasteiger partial charge < -0.3 is 4.42 Å². The molecule has 2 aromatic heterocycles. The van der Waals surface area contributed by atoms with Crippen LogP contribution in [0, 0.1) is 0 Å². The zero-order valence-electron chi connectivity index (χ0n) is 24.3. The largest absolute Gasteiger partial charge is 0.456 e. The summed E-state index contributed by atoms with van der Waals surface area (Å²) in [5, 5.41) is 4.62. The van der Waals surface area contributed by atoms with Crippen LogP contribution in [0.25, 0.3) is 88.5 Å². The predicted molar refractivity (Wildman–Crippen MR) is 186 cm³/mol. The van der Waals surface area contributed by atoms with Gasteiger partial charge in [-0.25, -0.2) is 9.97 Å². The first-order chi connectivity index (χ1) is 22.3. The standard InChI is InChI=1S/C42H26N2O/c1-3-13-27(14-4-1)40-41(28-15-5-2-6-16-28)44-42-34(21-11-22-36(42)43-40)32-26-25-31(29-17-7-8-18-30(29)32)33-20-12-24-38-39(33)35-19-9-10-23-37(35)45-38/h1-26H. The Morgan fingerprint density at radius 1 is 0.356 bits per heavy atom. The van der Waals surface area contributed by atoms with Crippen LogP contribution in [0.1, 0.15) is 0 Å². The Labute approximate surface area is 260 Å². The first-order valence-electron chi connectivity index (χ1n) is 15.2. The molecule has 210 valence electrons. The number of benzene rings is 7. The topological polar surface area (TPSA) is 38.9 Å². The molecule has 9 aromatic rings. The molecule has 3 nitrogen and oxygen atoms in total. The molecule has 0 aliphatic carbocycles. The lowest BCUT2D eigenvalue weighted by Gasteiger charge is -2.16. The average molecular weight is 575 g/mol. The number of aromatic nitrogens is 2. The van der Waals surface area contributed by atoms with Crippen molar-refractivity contribution in [3.8, 4) is 44.8 Å². The fraction of sp³-hybridized carbons (Fsp3) is 0. The molecule has 0 aliphatic heterocycles. The van der Waals surface area contributed by atoms with Crippen LogP contribution in [0.5, 0.6) is 0 Å². The zero-order valence-corrected chi connectivity index (χ0v) is 24.3. The lowest BCUT2D eigenvalue weighted by molar-refractivity contribution is 0.669. The third-order valence-electron chi connectivity index (χ3n) is 8.70. The Balaban J connectivity index is 1.30. The number of rotatable bonds is 4. The van der Waals surface area contributed by atoms with Crippen molar-refractivity contribution in [2.45, 2.75) is 0 Å². The SMILES string of the molecule is c1ccc(-c2nc3cccc(-c4ccc(-c5cccc6oc7ccccc7c56)c5ccccc45)c3nc2-c2ccccc2)cc1. The maximum Gasteiger partial charge on any atom is 0.136 e. The van der Waals surface area contributed by atoms with Gasteiger partial charge in [-0.3, -0.25) is 0 Å². The van der Waals surface area contributed by atoms with Gasteiger partial charge >= 0.3 is 0 Å². The summed E-state index contributed by atoms with van der Waals surface area (Å²) in [5.41, 5.74) is 11.9. The highest BCUT2D eigenvalue weighted by atomic mass is 16.3. The average Bonchev–Trinajstić information content (AvgIpc) is 3.50. The second kappa shape index (κ2) is 10.3. The molecule has 0 atom stereocenters. The fourth-order valence-electron chi connectivity index (χ4n) is 6.66. The molecule has 0 amide bonds. The third-order valence-corrected chi connectivity index (χ3v) is 8.70. The monoisotopic (exact) mass is 574 g/mol. The number of para-hydroxylation sites is 2. The van der Waals surface area contributed by atoms with E-state index in [0.717, 1.165) is 72.2 Å². The van der Waals surface area contributed by atoms with E-state index in [4.69, 9.17) is 14.4 Å². The molecule has 0 spiro atoms. The molecule has 0 saturated heterocycles. The van der Waals surface area contributed by atoms with Crippen LogP contribution in [-0.2, 0) is 0 Å². The number of fused-ring (bicyclic) bond motifs is 5. The highest BCUT2D eigenvalue weighted by Gasteiger charge is 2.19. The van der Waals surface area contributed by atoms with E-state index in [1.807, 2.05) is 36.4 Å². The summed E-state index contributed by atoms with van der Waals surface area (Å²) in [5.74, 6) is 0. The van der Waals surface area contributed by atoms with Gasteiger partial charge in [0.25, 0.3) is 0 Å². The quantitative estimate of drug-likeness (QED) is 0.210. The highest BCUT2D eigenvalue weighted by molar-refractivity contribution is 6.17. The molecule has 0 saturated carbocycles. The van der Waals surface area contributed by atoms with Gasteiger partial charge in [-0.15, -0.1) is 0 Å². The molecular formula is C42H26N2O. The summed E-state index contributed by atoms with van der Waals surface area (Å²) in [6.45, 7) is 0. The summed E-state index contributed by atoms with van der Waals surface area (Å²) < 4.78 is 6.24.